The molecule has 0 radical (unpaired) electrons. The monoisotopic (exact) mass is 445 g/mol. The summed E-state index contributed by atoms with van der Waals surface area (Å²) in [5.74, 6) is -0.0710. The number of aliphatic hydroxyl groups excluding tert-OH is 1. The number of sulfonamides is 1. The van der Waals surface area contributed by atoms with E-state index in [0.717, 1.165) is 17.4 Å². The molecule has 9 heteroatoms. The summed E-state index contributed by atoms with van der Waals surface area (Å²) >= 11 is 0. The van der Waals surface area contributed by atoms with Crippen LogP contribution < -0.4 is 4.72 Å². The van der Waals surface area contributed by atoms with Crippen molar-refractivity contribution < 1.29 is 23.4 Å². The van der Waals surface area contributed by atoms with E-state index in [0.29, 0.717) is 50.3 Å². The molecule has 0 spiro atoms. The first-order chi connectivity index (χ1) is 14.6. The number of hydrogen-bond donors (Lipinski definition) is 3. The van der Waals surface area contributed by atoms with Crippen LogP contribution in [0.25, 0.3) is 11.1 Å². The smallest absolute Gasteiger partial charge is 0.253 e. The third-order valence-electron chi connectivity index (χ3n) is 5.82. The fourth-order valence-corrected chi connectivity index (χ4v) is 4.41. The van der Waals surface area contributed by atoms with Crippen molar-refractivity contribution in [1.29, 1.82) is 0 Å². The Bertz CT molecular complexity index is 1060. The molecule has 31 heavy (non-hydrogen) atoms. The zero-order valence-electron chi connectivity index (χ0n) is 17.4. The molecule has 8 nitrogen and oxygen atoms in total. The van der Waals surface area contributed by atoms with Crippen molar-refractivity contribution in [2.24, 2.45) is 0 Å². The van der Waals surface area contributed by atoms with Gasteiger partial charge in [-0.25, -0.2) is 8.42 Å². The highest BCUT2D eigenvalue weighted by Gasteiger charge is 2.50. The Labute approximate surface area is 182 Å². The molecule has 1 amide bonds. The Kier molecular flexibility index (Phi) is 5.78. The maximum absolute atomic E-state index is 12.9. The molecule has 1 heterocycles. The highest BCUT2D eigenvalue weighted by atomic mass is 32.2. The van der Waals surface area contributed by atoms with Crippen LogP contribution in [0.3, 0.4) is 0 Å². The molecule has 1 saturated carbocycles. The molecule has 0 bridgehead atoms. The zero-order chi connectivity index (χ0) is 22.2. The highest BCUT2D eigenvalue weighted by Crippen LogP contribution is 2.39. The van der Waals surface area contributed by atoms with Gasteiger partial charge in [0, 0.05) is 37.4 Å². The van der Waals surface area contributed by atoms with Crippen LogP contribution in [-0.4, -0.2) is 78.6 Å². The van der Waals surface area contributed by atoms with Crippen LogP contribution >= 0.6 is 0 Å². The predicted molar refractivity (Wildman–Crippen MR) is 118 cm³/mol. The second-order valence-electron chi connectivity index (χ2n) is 8.34. The van der Waals surface area contributed by atoms with Gasteiger partial charge in [-0.3, -0.25) is 14.4 Å². The average molecular weight is 446 g/mol. The lowest BCUT2D eigenvalue weighted by molar-refractivity contribution is -0.108. The van der Waals surface area contributed by atoms with Gasteiger partial charge in [-0.15, -0.1) is 0 Å². The second kappa shape index (κ2) is 8.23. The molecule has 1 saturated heterocycles. The van der Waals surface area contributed by atoms with Gasteiger partial charge >= 0.3 is 0 Å². The van der Waals surface area contributed by atoms with Crippen molar-refractivity contribution in [3.8, 4) is 11.1 Å². The van der Waals surface area contributed by atoms with Gasteiger partial charge in [-0.05, 0) is 48.2 Å². The van der Waals surface area contributed by atoms with E-state index in [2.05, 4.69) is 4.72 Å². The van der Waals surface area contributed by atoms with Crippen molar-refractivity contribution >= 4 is 21.6 Å². The summed E-state index contributed by atoms with van der Waals surface area (Å²) in [4.78, 5) is 16.4. The number of nitrogens with zero attached hydrogens (tertiary/aromatic N) is 2. The number of carbonyl (C=O) groups excluding carboxylic acids is 1. The first kappa shape index (κ1) is 21.8. The topological polar surface area (TPSA) is 110 Å². The maximum Gasteiger partial charge on any atom is 0.253 e. The average Bonchev–Trinajstić information content (AvgIpc) is 3.50. The van der Waals surface area contributed by atoms with Gasteiger partial charge < -0.3 is 15.1 Å². The summed E-state index contributed by atoms with van der Waals surface area (Å²) in [6.45, 7) is 2.03. The van der Waals surface area contributed by atoms with Crippen LogP contribution in [0, 0.1) is 0 Å². The fraction of sp³-hybridized carbons (Fsp3) is 0.409. The molecule has 0 aromatic heterocycles. The molecule has 1 aliphatic carbocycles. The summed E-state index contributed by atoms with van der Waals surface area (Å²) in [5, 5.41) is 20.4. The maximum atomic E-state index is 12.9. The van der Waals surface area contributed by atoms with Gasteiger partial charge in [-0.2, -0.15) is 0 Å². The summed E-state index contributed by atoms with van der Waals surface area (Å²) < 4.78 is 25.4. The number of amides is 1. The molecule has 166 valence electrons. The molecule has 4 rings (SSSR count). The lowest BCUT2D eigenvalue weighted by Gasteiger charge is -2.38. The summed E-state index contributed by atoms with van der Waals surface area (Å²) in [5.41, 5.74) is 1.79. The van der Waals surface area contributed by atoms with Gasteiger partial charge in [-0.1, -0.05) is 24.3 Å². The minimum absolute atomic E-state index is 0.0710. The normalized spacial score (nSPS) is 19.6. The number of nitrogens with one attached hydrogen (secondary N) is 1. The Balaban J connectivity index is 1.39. The third-order valence-corrected chi connectivity index (χ3v) is 6.43. The Morgan fingerprint density at radius 2 is 1.68 bits per heavy atom. The van der Waals surface area contributed by atoms with Crippen molar-refractivity contribution in [2.75, 3.05) is 37.2 Å². The minimum atomic E-state index is -3.35. The molecule has 1 atom stereocenters. The van der Waals surface area contributed by atoms with Gasteiger partial charge in [0.1, 0.15) is 11.8 Å². The Morgan fingerprint density at radius 1 is 1.03 bits per heavy atom. The lowest BCUT2D eigenvalue weighted by Crippen LogP contribution is -2.55. The fourth-order valence-electron chi connectivity index (χ4n) is 3.86. The molecule has 1 aliphatic heterocycles. The van der Waals surface area contributed by atoms with E-state index in [-0.39, 0.29) is 5.91 Å². The van der Waals surface area contributed by atoms with Crippen molar-refractivity contribution in [1.82, 2.24) is 9.80 Å². The van der Waals surface area contributed by atoms with Gasteiger partial charge in [0.25, 0.3) is 5.91 Å². The van der Waals surface area contributed by atoms with Crippen LogP contribution in [0.1, 0.15) is 23.2 Å². The van der Waals surface area contributed by atoms with Gasteiger partial charge in [0.05, 0.1) is 6.26 Å². The standard InChI is InChI=1S/C22H27N3O5S/c1-31(29,30)23-19-4-2-3-18(15-19)16-5-7-17(8-6-16)20(26)24-11-13-25(14-12-24)21(27)22(28)9-10-22/h2-8,15,21,23,27-28H,9-14H2,1H3. The second-order valence-corrected chi connectivity index (χ2v) is 10.1. The summed E-state index contributed by atoms with van der Waals surface area (Å²) in [6, 6.07) is 14.3. The largest absolute Gasteiger partial charge is 0.386 e. The molecule has 3 N–H and O–H groups in total. The molecule has 2 aliphatic rings. The summed E-state index contributed by atoms with van der Waals surface area (Å²) in [6.07, 6.45) is 1.48. The third kappa shape index (κ3) is 5.07. The molecular weight excluding hydrogens is 418 g/mol. The first-order valence-corrected chi connectivity index (χ1v) is 12.2. The number of piperazine rings is 1. The van der Waals surface area contributed by atoms with Crippen molar-refractivity contribution in [3.63, 3.8) is 0 Å². The van der Waals surface area contributed by atoms with E-state index >= 15 is 0 Å². The first-order valence-electron chi connectivity index (χ1n) is 10.3. The zero-order valence-corrected chi connectivity index (χ0v) is 18.2. The van der Waals surface area contributed by atoms with Crippen LogP contribution in [0.5, 0.6) is 0 Å². The molecular formula is C22H27N3O5S. The van der Waals surface area contributed by atoms with E-state index < -0.39 is 21.9 Å². The molecule has 2 aromatic rings. The minimum Gasteiger partial charge on any atom is -0.386 e. The molecule has 2 fully saturated rings. The van der Waals surface area contributed by atoms with E-state index in [4.69, 9.17) is 0 Å². The predicted octanol–water partition coefficient (Wildman–Crippen LogP) is 1.33. The number of carbonyl (C=O) groups is 1. The van der Waals surface area contributed by atoms with Crippen LogP contribution in [0.4, 0.5) is 5.69 Å². The van der Waals surface area contributed by atoms with E-state index in [1.54, 1.807) is 35.2 Å². The van der Waals surface area contributed by atoms with E-state index in [9.17, 15) is 23.4 Å². The Hall–Kier alpha value is -2.46. The SMILES string of the molecule is CS(=O)(=O)Nc1cccc(-c2ccc(C(=O)N3CCN(C(O)C4(O)CC4)CC3)cc2)c1. The van der Waals surface area contributed by atoms with Crippen molar-refractivity contribution in [2.45, 2.75) is 24.7 Å². The van der Waals surface area contributed by atoms with E-state index in [1.807, 2.05) is 23.1 Å². The number of hydrogen-bond acceptors (Lipinski definition) is 6. The number of aliphatic hydroxyl groups is 2. The lowest BCUT2D eigenvalue weighted by atomic mass is 10.0. The van der Waals surface area contributed by atoms with Crippen LogP contribution in [0.2, 0.25) is 0 Å². The van der Waals surface area contributed by atoms with Crippen molar-refractivity contribution in [3.05, 3.63) is 54.1 Å². The number of benzene rings is 2. The molecule has 1 unspecified atom stereocenters. The van der Waals surface area contributed by atoms with Crippen LogP contribution in [0.15, 0.2) is 48.5 Å². The Morgan fingerprint density at radius 3 is 2.26 bits per heavy atom. The van der Waals surface area contributed by atoms with E-state index in [1.165, 1.54) is 0 Å². The van der Waals surface area contributed by atoms with Crippen LogP contribution in [-0.2, 0) is 10.0 Å². The summed E-state index contributed by atoms with van der Waals surface area (Å²) in [7, 11) is -3.35. The highest BCUT2D eigenvalue weighted by molar-refractivity contribution is 7.92. The molecule has 2 aromatic carbocycles. The number of rotatable bonds is 6. The van der Waals surface area contributed by atoms with Gasteiger partial charge in [0.15, 0.2) is 0 Å². The quantitative estimate of drug-likeness (QED) is 0.619. The van der Waals surface area contributed by atoms with Gasteiger partial charge in [0.2, 0.25) is 10.0 Å². The number of anilines is 1.